The second-order valence-corrected chi connectivity index (χ2v) is 4.04. The van der Waals surface area contributed by atoms with Crippen LogP contribution in [0.15, 0.2) is 18.2 Å². The fourth-order valence-corrected chi connectivity index (χ4v) is 1.88. The second-order valence-electron chi connectivity index (χ2n) is 4.04. The average molecular weight is 249 g/mol. The fraction of sp³-hybridized carbons (Fsp3) is 0.385. The fourth-order valence-electron chi connectivity index (χ4n) is 1.88. The van der Waals surface area contributed by atoms with Crippen molar-refractivity contribution in [2.45, 2.75) is 26.4 Å². The number of ether oxygens (including phenoxy) is 2. The molecule has 1 aromatic rings. The molecule has 1 aliphatic heterocycles. The summed E-state index contributed by atoms with van der Waals surface area (Å²) in [6, 6.07) is 3.04. The monoisotopic (exact) mass is 249 g/mol. The van der Waals surface area contributed by atoms with Gasteiger partial charge in [0.05, 0.1) is 10.5 Å². The zero-order chi connectivity index (χ0) is 13.1. The lowest BCUT2D eigenvalue weighted by atomic mass is 10.1. The topological polar surface area (TPSA) is 61.6 Å². The zero-order valence-electron chi connectivity index (χ0n) is 10.4. The molecular formula is C13H15NO4. The smallest absolute Gasteiger partial charge is 0.280 e. The van der Waals surface area contributed by atoms with Crippen LogP contribution in [0.2, 0.25) is 0 Å². The number of hydrogen-bond acceptors (Lipinski definition) is 4. The number of rotatable bonds is 3. The minimum Gasteiger partial charge on any atom is -0.486 e. The lowest BCUT2D eigenvalue weighted by Crippen LogP contribution is -2.28. The number of allylic oxidation sites excluding steroid dienone is 1. The highest BCUT2D eigenvalue weighted by Gasteiger charge is 2.27. The summed E-state index contributed by atoms with van der Waals surface area (Å²) in [7, 11) is 0. The van der Waals surface area contributed by atoms with E-state index in [2.05, 4.69) is 0 Å². The molecule has 1 atom stereocenters. The van der Waals surface area contributed by atoms with Crippen molar-refractivity contribution in [3.8, 4) is 11.5 Å². The number of hydrogen-bond donors (Lipinski definition) is 0. The van der Waals surface area contributed by atoms with Gasteiger partial charge in [0.15, 0.2) is 11.5 Å². The molecule has 0 amide bonds. The summed E-state index contributed by atoms with van der Waals surface area (Å²) in [5.41, 5.74) is 0.505. The molecule has 0 N–H and O–H groups in total. The average Bonchev–Trinajstić information content (AvgIpc) is 2.38. The van der Waals surface area contributed by atoms with Gasteiger partial charge in [-0.2, -0.15) is 0 Å². The normalized spacial score (nSPS) is 18.0. The summed E-state index contributed by atoms with van der Waals surface area (Å²) >= 11 is 0. The van der Waals surface area contributed by atoms with Crippen molar-refractivity contribution < 1.29 is 14.4 Å². The first-order chi connectivity index (χ1) is 8.67. The van der Waals surface area contributed by atoms with Crippen LogP contribution in [0.25, 0.3) is 6.08 Å². The third-order valence-electron chi connectivity index (χ3n) is 2.83. The number of nitro groups is 1. The van der Waals surface area contributed by atoms with Crippen molar-refractivity contribution in [1.82, 2.24) is 0 Å². The van der Waals surface area contributed by atoms with Gasteiger partial charge in [0.1, 0.15) is 12.7 Å². The number of nitro benzene ring substituents is 1. The summed E-state index contributed by atoms with van der Waals surface area (Å²) in [5.74, 6) is 1.04. The quantitative estimate of drug-likeness (QED) is 0.609. The van der Waals surface area contributed by atoms with Crippen LogP contribution in [0.1, 0.15) is 25.8 Å². The maximum atomic E-state index is 11.0. The molecule has 0 aromatic heterocycles. The van der Waals surface area contributed by atoms with Crippen molar-refractivity contribution in [1.29, 1.82) is 0 Å². The van der Waals surface area contributed by atoms with Gasteiger partial charge in [-0.25, -0.2) is 0 Å². The van der Waals surface area contributed by atoms with E-state index in [9.17, 15) is 10.1 Å². The highest BCUT2D eigenvalue weighted by molar-refractivity contribution is 5.71. The first-order valence-corrected chi connectivity index (χ1v) is 5.91. The van der Waals surface area contributed by atoms with Crippen molar-refractivity contribution in [3.63, 3.8) is 0 Å². The lowest BCUT2D eigenvalue weighted by Gasteiger charge is -2.26. The van der Waals surface area contributed by atoms with E-state index in [1.54, 1.807) is 18.2 Å². The molecule has 1 aliphatic rings. The van der Waals surface area contributed by atoms with E-state index in [-0.39, 0.29) is 11.8 Å². The van der Waals surface area contributed by atoms with E-state index in [0.717, 1.165) is 6.42 Å². The minimum atomic E-state index is -0.408. The Morgan fingerprint density at radius 2 is 2.33 bits per heavy atom. The summed E-state index contributed by atoms with van der Waals surface area (Å²) in [6.45, 7) is 4.28. The van der Waals surface area contributed by atoms with Gasteiger partial charge < -0.3 is 9.47 Å². The highest BCUT2D eigenvalue weighted by atomic mass is 16.6. The van der Waals surface area contributed by atoms with Crippen LogP contribution in [-0.2, 0) is 0 Å². The first-order valence-electron chi connectivity index (χ1n) is 5.91. The summed E-state index contributed by atoms with van der Waals surface area (Å²) < 4.78 is 11.3. The highest BCUT2D eigenvalue weighted by Crippen LogP contribution is 2.41. The number of nitrogens with zero attached hydrogens (tertiary/aromatic N) is 1. The van der Waals surface area contributed by atoms with Crippen molar-refractivity contribution >= 4 is 11.8 Å². The van der Waals surface area contributed by atoms with Crippen LogP contribution in [0.3, 0.4) is 0 Å². The zero-order valence-corrected chi connectivity index (χ0v) is 10.4. The summed E-state index contributed by atoms with van der Waals surface area (Å²) in [4.78, 5) is 10.6. The maximum Gasteiger partial charge on any atom is 0.280 e. The van der Waals surface area contributed by atoms with Gasteiger partial charge in [0.25, 0.3) is 5.69 Å². The summed E-state index contributed by atoms with van der Waals surface area (Å²) in [6.07, 6.45) is 4.18. The van der Waals surface area contributed by atoms with E-state index < -0.39 is 4.92 Å². The van der Waals surface area contributed by atoms with Gasteiger partial charge in [-0.3, -0.25) is 10.1 Å². The van der Waals surface area contributed by atoms with Gasteiger partial charge in [0, 0.05) is 6.07 Å². The van der Waals surface area contributed by atoms with E-state index >= 15 is 0 Å². The second kappa shape index (κ2) is 5.08. The molecule has 2 rings (SSSR count). The van der Waals surface area contributed by atoms with Crippen LogP contribution in [0.4, 0.5) is 5.69 Å². The Morgan fingerprint density at radius 1 is 1.56 bits per heavy atom. The van der Waals surface area contributed by atoms with Gasteiger partial charge in [-0.15, -0.1) is 0 Å². The Labute approximate surface area is 105 Å². The first kappa shape index (κ1) is 12.4. The molecule has 0 saturated heterocycles. The van der Waals surface area contributed by atoms with Crippen molar-refractivity contribution in [2.24, 2.45) is 0 Å². The Morgan fingerprint density at radius 3 is 2.94 bits per heavy atom. The molecule has 0 bridgehead atoms. The third kappa shape index (κ3) is 2.16. The van der Waals surface area contributed by atoms with Crippen LogP contribution >= 0.6 is 0 Å². The maximum absolute atomic E-state index is 11.0. The van der Waals surface area contributed by atoms with Gasteiger partial charge in [-0.1, -0.05) is 13.0 Å². The number of benzene rings is 1. The van der Waals surface area contributed by atoms with Crippen molar-refractivity contribution in [2.75, 3.05) is 6.61 Å². The standard InChI is InChI=1S/C13H15NO4/c1-3-5-10-11(14(15)16)6-7-12-13(10)18-9(4-2)8-17-12/h3,5-7,9H,4,8H2,1-2H3/b5-3+. The molecule has 0 aliphatic carbocycles. The summed E-state index contributed by atoms with van der Waals surface area (Å²) in [5, 5.41) is 11.0. The van der Waals surface area contributed by atoms with Gasteiger partial charge >= 0.3 is 0 Å². The van der Waals surface area contributed by atoms with Gasteiger partial charge in [0.2, 0.25) is 0 Å². The molecule has 1 aromatic carbocycles. The molecule has 0 spiro atoms. The predicted molar refractivity (Wildman–Crippen MR) is 68.0 cm³/mol. The van der Waals surface area contributed by atoms with E-state index in [1.807, 2.05) is 13.8 Å². The van der Waals surface area contributed by atoms with Crippen LogP contribution in [-0.4, -0.2) is 17.6 Å². The SMILES string of the molecule is C/C=C/c1c([N+](=O)[O-])ccc2c1OC(CC)CO2. The number of fused-ring (bicyclic) bond motifs is 1. The van der Waals surface area contributed by atoms with Crippen LogP contribution < -0.4 is 9.47 Å². The molecule has 0 saturated carbocycles. The molecule has 1 unspecified atom stereocenters. The van der Waals surface area contributed by atoms with E-state index in [0.29, 0.717) is 23.7 Å². The molecule has 1 heterocycles. The van der Waals surface area contributed by atoms with Crippen LogP contribution in [0, 0.1) is 10.1 Å². The van der Waals surface area contributed by atoms with Crippen molar-refractivity contribution in [3.05, 3.63) is 33.9 Å². The Kier molecular flexibility index (Phi) is 3.50. The molecule has 5 heteroatoms. The minimum absolute atomic E-state index is 0.0344. The third-order valence-corrected chi connectivity index (χ3v) is 2.83. The predicted octanol–water partition coefficient (Wildman–Crippen LogP) is 3.18. The Bertz CT molecular complexity index is 496. The molecular weight excluding hydrogens is 234 g/mol. The molecule has 0 fully saturated rings. The molecule has 96 valence electrons. The lowest BCUT2D eigenvalue weighted by molar-refractivity contribution is -0.385. The van der Waals surface area contributed by atoms with Gasteiger partial charge in [-0.05, 0) is 25.5 Å². The van der Waals surface area contributed by atoms with E-state index in [1.165, 1.54) is 6.07 Å². The molecule has 0 radical (unpaired) electrons. The molecule has 5 nitrogen and oxygen atoms in total. The van der Waals surface area contributed by atoms with Crippen LogP contribution in [0.5, 0.6) is 11.5 Å². The largest absolute Gasteiger partial charge is 0.486 e. The van der Waals surface area contributed by atoms with E-state index in [4.69, 9.17) is 9.47 Å². The molecule has 18 heavy (non-hydrogen) atoms. The Balaban J connectivity index is 2.54. The Hall–Kier alpha value is -2.04.